The molecule has 1 aliphatic rings. The number of fused-ring (bicyclic) bond motifs is 1. The zero-order chi connectivity index (χ0) is 15.7. The summed E-state index contributed by atoms with van der Waals surface area (Å²) in [6.45, 7) is 1.95. The van der Waals surface area contributed by atoms with Crippen LogP contribution in [0.25, 0.3) is 10.9 Å². The van der Waals surface area contributed by atoms with E-state index >= 15 is 0 Å². The molecule has 116 valence electrons. The first-order valence-electron chi connectivity index (χ1n) is 7.52. The third-order valence-corrected chi connectivity index (χ3v) is 4.35. The van der Waals surface area contributed by atoms with E-state index in [0.717, 1.165) is 16.5 Å². The number of nitrogens with one attached hydrogen (secondary N) is 2. The molecule has 1 aromatic carbocycles. The van der Waals surface area contributed by atoms with Crippen LogP contribution in [-0.4, -0.2) is 33.2 Å². The first kappa shape index (κ1) is 14.6. The molecule has 0 aliphatic heterocycles. The van der Waals surface area contributed by atoms with Crippen molar-refractivity contribution in [3.05, 3.63) is 29.5 Å². The number of hydrogen-bond acceptors (Lipinski definition) is 3. The van der Waals surface area contributed by atoms with Crippen molar-refractivity contribution in [2.24, 2.45) is 5.92 Å². The van der Waals surface area contributed by atoms with Gasteiger partial charge in [-0.15, -0.1) is 0 Å². The molecule has 0 bridgehead atoms. The molecule has 1 saturated carbocycles. The number of amides is 1. The maximum absolute atomic E-state index is 12.5. The molecule has 22 heavy (non-hydrogen) atoms. The van der Waals surface area contributed by atoms with Crippen molar-refractivity contribution in [1.29, 1.82) is 0 Å². The average Bonchev–Trinajstić information content (AvgIpc) is 2.94. The summed E-state index contributed by atoms with van der Waals surface area (Å²) in [6, 6.07) is 3.87. The highest BCUT2D eigenvalue weighted by atomic mass is 16.4. The third kappa shape index (κ3) is 2.81. The summed E-state index contributed by atoms with van der Waals surface area (Å²) in [6.07, 6.45) is 4.36. The lowest BCUT2D eigenvalue weighted by Gasteiger charge is -2.26. The van der Waals surface area contributed by atoms with Gasteiger partial charge < -0.3 is 10.4 Å². The minimum Gasteiger partial charge on any atom is -0.481 e. The predicted molar refractivity (Wildman–Crippen MR) is 81.7 cm³/mol. The predicted octanol–water partition coefficient (Wildman–Crippen LogP) is 2.24. The number of benzene rings is 1. The van der Waals surface area contributed by atoms with Crippen molar-refractivity contribution in [3.8, 4) is 0 Å². The lowest BCUT2D eigenvalue weighted by atomic mass is 9.86. The first-order valence-corrected chi connectivity index (χ1v) is 7.52. The minimum absolute atomic E-state index is 0.0431. The molecule has 0 unspecified atom stereocenters. The summed E-state index contributed by atoms with van der Waals surface area (Å²) in [5.74, 6) is -1.13. The Morgan fingerprint density at radius 1 is 1.27 bits per heavy atom. The molecule has 3 N–H and O–H groups in total. The number of aryl methyl sites for hydroxylation is 1. The van der Waals surface area contributed by atoms with Gasteiger partial charge >= 0.3 is 5.97 Å². The second-order valence-corrected chi connectivity index (χ2v) is 6.01. The molecule has 6 nitrogen and oxygen atoms in total. The van der Waals surface area contributed by atoms with Gasteiger partial charge in [0.15, 0.2) is 0 Å². The SMILES string of the molecule is Cc1cc(C(=O)NC2CCC(C(=O)O)CC2)c2[nH]ncc2c1. The number of aromatic amines is 1. The van der Waals surface area contributed by atoms with Gasteiger partial charge in [0.2, 0.25) is 0 Å². The summed E-state index contributed by atoms with van der Waals surface area (Å²) < 4.78 is 0. The summed E-state index contributed by atoms with van der Waals surface area (Å²) in [4.78, 5) is 23.5. The topological polar surface area (TPSA) is 95.1 Å². The van der Waals surface area contributed by atoms with Crippen LogP contribution in [0.2, 0.25) is 0 Å². The fraction of sp³-hybridized carbons (Fsp3) is 0.438. The van der Waals surface area contributed by atoms with E-state index in [0.29, 0.717) is 31.2 Å². The first-order chi connectivity index (χ1) is 10.5. The van der Waals surface area contributed by atoms with Gasteiger partial charge in [-0.05, 0) is 50.3 Å². The largest absolute Gasteiger partial charge is 0.481 e. The Morgan fingerprint density at radius 3 is 2.68 bits per heavy atom. The second-order valence-electron chi connectivity index (χ2n) is 6.01. The molecule has 0 spiro atoms. The number of carbonyl (C=O) groups excluding carboxylic acids is 1. The van der Waals surface area contributed by atoms with Gasteiger partial charge in [-0.2, -0.15) is 5.10 Å². The van der Waals surface area contributed by atoms with Crippen LogP contribution >= 0.6 is 0 Å². The molecule has 3 rings (SSSR count). The van der Waals surface area contributed by atoms with Gasteiger partial charge in [0.25, 0.3) is 5.91 Å². The van der Waals surface area contributed by atoms with Crippen LogP contribution in [0.1, 0.15) is 41.6 Å². The molecule has 1 heterocycles. The van der Waals surface area contributed by atoms with Crippen molar-refractivity contribution in [3.63, 3.8) is 0 Å². The number of aromatic nitrogens is 2. The van der Waals surface area contributed by atoms with Crippen LogP contribution in [0, 0.1) is 12.8 Å². The zero-order valence-corrected chi connectivity index (χ0v) is 12.4. The van der Waals surface area contributed by atoms with E-state index in [4.69, 9.17) is 5.11 Å². The molecular formula is C16H19N3O3. The minimum atomic E-state index is -0.734. The molecule has 1 fully saturated rings. The maximum atomic E-state index is 12.5. The highest BCUT2D eigenvalue weighted by Gasteiger charge is 2.27. The van der Waals surface area contributed by atoms with Crippen LogP contribution in [0.5, 0.6) is 0 Å². The van der Waals surface area contributed by atoms with Crippen LogP contribution in [0.15, 0.2) is 18.3 Å². The molecule has 0 radical (unpaired) electrons. The van der Waals surface area contributed by atoms with Gasteiger partial charge in [-0.1, -0.05) is 0 Å². The Hall–Kier alpha value is -2.37. The smallest absolute Gasteiger partial charge is 0.306 e. The van der Waals surface area contributed by atoms with Crippen LogP contribution < -0.4 is 5.32 Å². The molecule has 0 atom stereocenters. The molecule has 2 aromatic rings. The van der Waals surface area contributed by atoms with Crippen molar-refractivity contribution in [2.45, 2.75) is 38.6 Å². The van der Waals surface area contributed by atoms with E-state index in [1.165, 1.54) is 0 Å². The monoisotopic (exact) mass is 301 g/mol. The highest BCUT2D eigenvalue weighted by molar-refractivity contribution is 6.05. The Bertz CT molecular complexity index is 714. The molecule has 1 amide bonds. The van der Waals surface area contributed by atoms with Gasteiger partial charge in [0, 0.05) is 11.4 Å². The van der Waals surface area contributed by atoms with Gasteiger partial charge in [-0.3, -0.25) is 14.7 Å². The molecular weight excluding hydrogens is 282 g/mol. The van der Waals surface area contributed by atoms with E-state index in [9.17, 15) is 9.59 Å². The van der Waals surface area contributed by atoms with Crippen molar-refractivity contribution in [1.82, 2.24) is 15.5 Å². The summed E-state index contributed by atoms with van der Waals surface area (Å²) in [5.41, 5.74) is 2.34. The van der Waals surface area contributed by atoms with E-state index < -0.39 is 5.97 Å². The molecule has 1 aliphatic carbocycles. The van der Waals surface area contributed by atoms with Gasteiger partial charge in [-0.25, -0.2) is 0 Å². The van der Waals surface area contributed by atoms with Crippen molar-refractivity contribution >= 4 is 22.8 Å². The molecule has 0 saturated heterocycles. The fourth-order valence-corrected chi connectivity index (χ4v) is 3.13. The van der Waals surface area contributed by atoms with E-state index in [1.807, 2.05) is 19.1 Å². The lowest BCUT2D eigenvalue weighted by molar-refractivity contribution is -0.142. The lowest BCUT2D eigenvalue weighted by Crippen LogP contribution is -2.38. The Labute approximate surface area is 127 Å². The summed E-state index contributed by atoms with van der Waals surface area (Å²) >= 11 is 0. The van der Waals surface area contributed by atoms with E-state index in [-0.39, 0.29) is 17.9 Å². The molecule has 1 aromatic heterocycles. The van der Waals surface area contributed by atoms with E-state index in [1.54, 1.807) is 6.20 Å². The number of carboxylic acid groups (broad SMARTS) is 1. The number of nitrogens with zero attached hydrogens (tertiary/aromatic N) is 1. The fourth-order valence-electron chi connectivity index (χ4n) is 3.13. The average molecular weight is 301 g/mol. The number of carboxylic acids is 1. The summed E-state index contributed by atoms with van der Waals surface area (Å²) in [5, 5.41) is 19.8. The van der Waals surface area contributed by atoms with Gasteiger partial charge in [0.05, 0.1) is 23.2 Å². The Kier molecular flexibility index (Phi) is 3.83. The summed E-state index contributed by atoms with van der Waals surface area (Å²) in [7, 11) is 0. The Balaban J connectivity index is 1.72. The number of aliphatic carboxylic acids is 1. The van der Waals surface area contributed by atoms with Gasteiger partial charge in [0.1, 0.15) is 0 Å². The van der Waals surface area contributed by atoms with Crippen molar-refractivity contribution in [2.75, 3.05) is 0 Å². The quantitative estimate of drug-likeness (QED) is 0.810. The molecule has 6 heteroatoms. The maximum Gasteiger partial charge on any atom is 0.306 e. The van der Waals surface area contributed by atoms with Crippen LogP contribution in [-0.2, 0) is 4.79 Å². The highest BCUT2D eigenvalue weighted by Crippen LogP contribution is 2.25. The van der Waals surface area contributed by atoms with E-state index in [2.05, 4.69) is 15.5 Å². The normalized spacial score (nSPS) is 21.7. The third-order valence-electron chi connectivity index (χ3n) is 4.35. The second kappa shape index (κ2) is 5.79. The number of hydrogen-bond donors (Lipinski definition) is 3. The number of rotatable bonds is 3. The number of H-pyrrole nitrogens is 1. The zero-order valence-electron chi connectivity index (χ0n) is 12.4. The van der Waals surface area contributed by atoms with Crippen LogP contribution in [0.4, 0.5) is 0 Å². The van der Waals surface area contributed by atoms with Crippen molar-refractivity contribution < 1.29 is 14.7 Å². The standard InChI is InChI=1S/C16H19N3O3/c1-9-6-11-8-17-19-14(11)13(7-9)15(20)18-12-4-2-10(3-5-12)16(21)22/h6-8,10,12H,2-5H2,1H3,(H,17,19)(H,18,20)(H,21,22). The van der Waals surface area contributed by atoms with Crippen LogP contribution in [0.3, 0.4) is 0 Å². The Morgan fingerprint density at radius 2 is 2.00 bits per heavy atom. The number of carbonyl (C=O) groups is 2.